The molecule has 1 aliphatic rings. The smallest absolute Gasteiger partial charge is 0.263 e. The number of hydrogen-bond donors (Lipinski definition) is 1. The van der Waals surface area contributed by atoms with E-state index in [1.807, 2.05) is 62.3 Å². The molecule has 0 bridgehead atoms. The Kier molecular flexibility index (Phi) is 5.78. The molecular formula is C14H20N2OS. The predicted molar refractivity (Wildman–Crippen MR) is 79.3 cm³/mol. The first-order valence-electron chi connectivity index (χ1n) is 6.13. The van der Waals surface area contributed by atoms with E-state index in [4.69, 9.17) is 0 Å². The Hall–Kier alpha value is -1.42. The predicted octanol–water partition coefficient (Wildman–Crippen LogP) is 3.52. The van der Waals surface area contributed by atoms with Crippen molar-refractivity contribution in [3.63, 3.8) is 0 Å². The summed E-state index contributed by atoms with van der Waals surface area (Å²) in [4.78, 5) is 14.7. The molecule has 1 amide bonds. The molecule has 0 fully saturated rings. The van der Waals surface area contributed by atoms with Gasteiger partial charge in [0.1, 0.15) is 0 Å². The van der Waals surface area contributed by atoms with Crippen LogP contribution in [0.5, 0.6) is 0 Å². The van der Waals surface area contributed by atoms with Crippen LogP contribution in [0.4, 0.5) is 5.69 Å². The maximum atomic E-state index is 11.9. The molecule has 1 aromatic carbocycles. The minimum atomic E-state index is -0.0348. The minimum absolute atomic E-state index is 0.0348. The van der Waals surface area contributed by atoms with Gasteiger partial charge in [-0.25, -0.2) is 0 Å². The molecule has 0 aromatic heterocycles. The summed E-state index contributed by atoms with van der Waals surface area (Å²) in [5, 5.41) is 3.20. The number of carbonyl (C=O) groups excluding carboxylic acids is 1. The zero-order valence-corrected chi connectivity index (χ0v) is 12.1. The van der Waals surface area contributed by atoms with Crippen LogP contribution < -0.4 is 5.32 Å². The Morgan fingerprint density at radius 1 is 1.28 bits per heavy atom. The fourth-order valence-corrected chi connectivity index (χ4v) is 2.39. The van der Waals surface area contributed by atoms with Gasteiger partial charge in [-0.2, -0.15) is 0 Å². The number of nitrogens with zero attached hydrogens (tertiary/aromatic N) is 1. The normalized spacial score (nSPS) is 17.7. The highest BCUT2D eigenvalue weighted by molar-refractivity contribution is 8.04. The lowest BCUT2D eigenvalue weighted by atomic mass is 10.3. The molecule has 0 saturated heterocycles. The van der Waals surface area contributed by atoms with E-state index in [1.165, 1.54) is 0 Å². The third kappa shape index (κ3) is 3.81. The van der Waals surface area contributed by atoms with E-state index in [2.05, 4.69) is 12.2 Å². The first-order chi connectivity index (χ1) is 8.66. The molecule has 0 spiro atoms. The van der Waals surface area contributed by atoms with Crippen molar-refractivity contribution in [3.05, 3.63) is 41.4 Å². The van der Waals surface area contributed by atoms with Gasteiger partial charge in [0, 0.05) is 18.9 Å². The average Bonchev–Trinajstić information content (AvgIpc) is 2.73. The summed E-state index contributed by atoms with van der Waals surface area (Å²) in [5.74, 6) is -0.0348. The third-order valence-electron chi connectivity index (χ3n) is 2.45. The third-order valence-corrected chi connectivity index (χ3v) is 3.67. The lowest BCUT2D eigenvalue weighted by Crippen LogP contribution is -2.14. The molecule has 0 radical (unpaired) electrons. The number of para-hydroxylation sites is 1. The fourth-order valence-electron chi connectivity index (χ4n) is 1.41. The molecule has 18 heavy (non-hydrogen) atoms. The lowest BCUT2D eigenvalue weighted by Gasteiger charge is -2.12. The monoisotopic (exact) mass is 264 g/mol. The summed E-state index contributed by atoms with van der Waals surface area (Å²) in [7, 11) is 1.97. The van der Waals surface area contributed by atoms with Crippen LogP contribution in [-0.2, 0) is 4.79 Å². The zero-order chi connectivity index (χ0) is 13.5. The Morgan fingerprint density at radius 3 is 2.39 bits per heavy atom. The summed E-state index contributed by atoms with van der Waals surface area (Å²) >= 11 is 1.58. The van der Waals surface area contributed by atoms with E-state index < -0.39 is 0 Å². The number of nitrogens with one attached hydrogen (secondary N) is 1. The number of carbonyl (C=O) groups is 1. The number of rotatable bonds is 2. The van der Waals surface area contributed by atoms with Crippen LogP contribution >= 0.6 is 11.8 Å². The molecule has 1 heterocycles. The molecule has 1 atom stereocenters. The van der Waals surface area contributed by atoms with Gasteiger partial charge in [-0.15, -0.1) is 0 Å². The van der Waals surface area contributed by atoms with Crippen molar-refractivity contribution < 1.29 is 4.79 Å². The lowest BCUT2D eigenvalue weighted by molar-refractivity contribution is -0.112. The van der Waals surface area contributed by atoms with Crippen molar-refractivity contribution in [1.82, 2.24) is 4.90 Å². The van der Waals surface area contributed by atoms with E-state index in [0.29, 0.717) is 5.37 Å². The van der Waals surface area contributed by atoms with Gasteiger partial charge in [-0.3, -0.25) is 4.79 Å². The van der Waals surface area contributed by atoms with Gasteiger partial charge in [-0.05, 0) is 19.1 Å². The molecule has 1 aromatic rings. The van der Waals surface area contributed by atoms with Crippen LogP contribution in [0, 0.1) is 0 Å². The summed E-state index contributed by atoms with van der Waals surface area (Å²) in [6.07, 6.45) is 1.88. The second-order valence-corrected chi connectivity index (χ2v) is 5.05. The molecule has 1 N–H and O–H groups in total. The van der Waals surface area contributed by atoms with Gasteiger partial charge in [0.15, 0.2) is 0 Å². The van der Waals surface area contributed by atoms with Crippen LogP contribution in [0.25, 0.3) is 0 Å². The highest BCUT2D eigenvalue weighted by atomic mass is 32.2. The Bertz CT molecular complexity index is 417. The molecule has 4 heteroatoms. The highest BCUT2D eigenvalue weighted by Gasteiger charge is 2.23. The Labute approximate surface area is 113 Å². The van der Waals surface area contributed by atoms with Crippen molar-refractivity contribution >= 4 is 23.4 Å². The van der Waals surface area contributed by atoms with Crippen LogP contribution in [0.2, 0.25) is 0 Å². The van der Waals surface area contributed by atoms with Crippen LogP contribution in [-0.4, -0.2) is 23.2 Å². The van der Waals surface area contributed by atoms with Crippen LogP contribution in [0.3, 0.4) is 0 Å². The number of anilines is 1. The molecule has 0 saturated carbocycles. The fraction of sp³-hybridized carbons (Fsp3) is 0.357. The first kappa shape index (κ1) is 14.6. The summed E-state index contributed by atoms with van der Waals surface area (Å²) in [6.45, 7) is 6.07. The second-order valence-electron chi connectivity index (χ2n) is 3.70. The largest absolute Gasteiger partial charge is 0.367 e. The number of hydrogen-bond acceptors (Lipinski definition) is 3. The van der Waals surface area contributed by atoms with E-state index in [1.54, 1.807) is 11.8 Å². The van der Waals surface area contributed by atoms with Gasteiger partial charge in [0.05, 0.1) is 10.3 Å². The zero-order valence-electron chi connectivity index (χ0n) is 11.3. The average molecular weight is 264 g/mol. The summed E-state index contributed by atoms with van der Waals surface area (Å²) < 4.78 is 0. The van der Waals surface area contributed by atoms with Gasteiger partial charge in [-0.1, -0.05) is 43.8 Å². The molecule has 3 nitrogen and oxygen atoms in total. The molecule has 1 unspecified atom stereocenters. The minimum Gasteiger partial charge on any atom is -0.367 e. The highest BCUT2D eigenvalue weighted by Crippen LogP contribution is 2.31. The van der Waals surface area contributed by atoms with Crippen molar-refractivity contribution in [2.45, 2.75) is 26.1 Å². The molecule has 0 aliphatic carbocycles. The number of thioether (sulfide) groups is 1. The van der Waals surface area contributed by atoms with E-state index >= 15 is 0 Å². The second kappa shape index (κ2) is 7.11. The maximum Gasteiger partial charge on any atom is 0.263 e. The quantitative estimate of drug-likeness (QED) is 0.887. The maximum absolute atomic E-state index is 11.9. The van der Waals surface area contributed by atoms with Crippen molar-refractivity contribution in [2.24, 2.45) is 0 Å². The molecular weight excluding hydrogens is 244 g/mol. The van der Waals surface area contributed by atoms with Gasteiger partial charge in [0.25, 0.3) is 5.91 Å². The van der Waals surface area contributed by atoms with Crippen molar-refractivity contribution in [2.75, 3.05) is 12.4 Å². The Balaban J connectivity index is 0.000000771. The molecule has 1 aliphatic heterocycles. The van der Waals surface area contributed by atoms with E-state index in [-0.39, 0.29) is 5.91 Å². The van der Waals surface area contributed by atoms with E-state index in [0.717, 1.165) is 10.6 Å². The van der Waals surface area contributed by atoms with Gasteiger partial charge >= 0.3 is 0 Å². The first-order valence-corrected chi connectivity index (χ1v) is 7.01. The van der Waals surface area contributed by atoms with Crippen molar-refractivity contribution in [1.29, 1.82) is 0 Å². The van der Waals surface area contributed by atoms with Crippen LogP contribution in [0.15, 0.2) is 41.4 Å². The van der Waals surface area contributed by atoms with Crippen molar-refractivity contribution in [3.8, 4) is 0 Å². The Morgan fingerprint density at radius 2 is 1.89 bits per heavy atom. The molecule has 2 rings (SSSR count). The van der Waals surface area contributed by atoms with Crippen LogP contribution in [0.1, 0.15) is 20.8 Å². The molecule has 98 valence electrons. The van der Waals surface area contributed by atoms with E-state index in [9.17, 15) is 4.79 Å². The number of amides is 1. The summed E-state index contributed by atoms with van der Waals surface area (Å²) in [6, 6.07) is 9.49. The number of benzene rings is 1. The SMILES string of the molecule is CC.CC1SC(C(=O)Nc2ccccc2)=CN1C. The topological polar surface area (TPSA) is 32.3 Å². The van der Waals surface area contributed by atoms with Gasteiger partial charge < -0.3 is 10.2 Å². The summed E-state index contributed by atoms with van der Waals surface area (Å²) in [5.41, 5.74) is 0.830. The standard InChI is InChI=1S/C12H14N2OS.C2H6/c1-9-14(2)8-11(16-9)12(15)13-10-6-4-3-5-7-10;1-2/h3-9H,1-2H3,(H,13,15);1-2H3. The van der Waals surface area contributed by atoms with Gasteiger partial charge in [0.2, 0.25) is 0 Å².